The molecule has 0 fully saturated rings. The molecule has 8 heteroatoms. The van der Waals surface area contributed by atoms with Gasteiger partial charge in [-0.15, -0.1) is 0 Å². The number of sulfonamides is 1. The summed E-state index contributed by atoms with van der Waals surface area (Å²) in [5.41, 5.74) is 0.682. The Balaban J connectivity index is 1.41. The van der Waals surface area contributed by atoms with Crippen LogP contribution in [-0.2, 0) is 14.8 Å². The van der Waals surface area contributed by atoms with Gasteiger partial charge >= 0.3 is 0 Å². The molecule has 0 spiro atoms. The summed E-state index contributed by atoms with van der Waals surface area (Å²) in [6, 6.07) is 24.3. The Morgan fingerprint density at radius 2 is 1.53 bits per heavy atom. The van der Waals surface area contributed by atoms with E-state index in [9.17, 15) is 17.6 Å². The minimum absolute atomic E-state index is 0.00859. The van der Waals surface area contributed by atoms with Gasteiger partial charge < -0.3 is 10.1 Å². The summed E-state index contributed by atoms with van der Waals surface area (Å²) >= 11 is 0. The van der Waals surface area contributed by atoms with Gasteiger partial charge in [-0.1, -0.05) is 37.3 Å². The Morgan fingerprint density at radius 3 is 2.21 bits per heavy atom. The molecule has 2 N–H and O–H groups in total. The fraction of sp³-hybridized carbons (Fsp3) is 0.115. The van der Waals surface area contributed by atoms with E-state index >= 15 is 0 Å². The summed E-state index contributed by atoms with van der Waals surface area (Å²) in [4.78, 5) is 12.8. The third-order valence-electron chi connectivity index (χ3n) is 5.19. The summed E-state index contributed by atoms with van der Waals surface area (Å²) in [5, 5.41) is 4.86. The van der Waals surface area contributed by atoms with Gasteiger partial charge in [0.2, 0.25) is 0 Å². The molecule has 34 heavy (non-hydrogen) atoms. The van der Waals surface area contributed by atoms with Crippen molar-refractivity contribution < 1.29 is 22.3 Å². The molecule has 0 bridgehead atoms. The first-order chi connectivity index (χ1) is 16.3. The average Bonchev–Trinajstić information content (AvgIpc) is 2.84. The molecule has 0 saturated carbocycles. The number of anilines is 2. The van der Waals surface area contributed by atoms with E-state index in [2.05, 4.69) is 10.0 Å². The van der Waals surface area contributed by atoms with Gasteiger partial charge in [0.25, 0.3) is 15.9 Å². The lowest BCUT2D eigenvalue weighted by atomic mass is 10.1. The molecule has 0 saturated heterocycles. The van der Waals surface area contributed by atoms with E-state index in [-0.39, 0.29) is 16.5 Å². The topological polar surface area (TPSA) is 84.5 Å². The second-order valence-electron chi connectivity index (χ2n) is 7.65. The first-order valence-corrected chi connectivity index (χ1v) is 12.2. The maximum Gasteiger partial charge on any atom is 0.265 e. The molecule has 0 unspecified atom stereocenters. The van der Waals surface area contributed by atoms with Crippen LogP contribution < -0.4 is 14.8 Å². The zero-order valence-corrected chi connectivity index (χ0v) is 19.2. The quantitative estimate of drug-likeness (QED) is 0.346. The lowest BCUT2D eigenvalue weighted by Crippen LogP contribution is -2.32. The maximum absolute atomic E-state index is 13.0. The number of benzene rings is 4. The highest BCUT2D eigenvalue weighted by atomic mass is 32.2. The average molecular weight is 479 g/mol. The number of ether oxygens (including phenoxy) is 1. The monoisotopic (exact) mass is 478 g/mol. The van der Waals surface area contributed by atoms with Crippen LogP contribution in [0.15, 0.2) is 95.9 Å². The standard InChI is InChI=1S/C26H23FN2O4S/c1-2-25(33-23-14-7-18-5-3-4-6-19(18)17-23)26(30)28-21-12-15-24(16-13-21)34(31,32)29-22-10-8-20(27)9-11-22/h3-17,25,29H,2H2,1H3,(H,28,30)/t25-/m1/s1. The molecule has 0 aliphatic rings. The Labute approximate surface area is 197 Å². The molecule has 4 rings (SSSR count). The largest absolute Gasteiger partial charge is 0.481 e. The van der Waals surface area contributed by atoms with Crippen molar-refractivity contribution in [1.82, 2.24) is 0 Å². The number of halogens is 1. The van der Waals surface area contributed by atoms with Crippen molar-refractivity contribution >= 4 is 38.1 Å². The van der Waals surface area contributed by atoms with Crippen LogP contribution in [0, 0.1) is 5.82 Å². The van der Waals surface area contributed by atoms with Crippen LogP contribution in [0.4, 0.5) is 15.8 Å². The van der Waals surface area contributed by atoms with Gasteiger partial charge in [0.05, 0.1) is 4.90 Å². The highest BCUT2D eigenvalue weighted by Gasteiger charge is 2.20. The van der Waals surface area contributed by atoms with Gasteiger partial charge in [0.15, 0.2) is 6.10 Å². The lowest BCUT2D eigenvalue weighted by molar-refractivity contribution is -0.122. The molecule has 0 aliphatic carbocycles. The predicted octanol–water partition coefficient (Wildman–Crippen LogP) is 5.58. The molecule has 1 atom stereocenters. The molecule has 174 valence electrons. The van der Waals surface area contributed by atoms with Gasteiger partial charge in [-0.2, -0.15) is 0 Å². The van der Waals surface area contributed by atoms with Crippen molar-refractivity contribution in [2.75, 3.05) is 10.0 Å². The first kappa shape index (κ1) is 23.3. The number of rotatable bonds is 8. The van der Waals surface area contributed by atoms with Gasteiger partial charge in [0, 0.05) is 11.4 Å². The van der Waals surface area contributed by atoms with Crippen LogP contribution in [0.2, 0.25) is 0 Å². The zero-order valence-electron chi connectivity index (χ0n) is 18.4. The fourth-order valence-electron chi connectivity index (χ4n) is 3.40. The van der Waals surface area contributed by atoms with Crippen molar-refractivity contribution in [2.45, 2.75) is 24.3 Å². The van der Waals surface area contributed by atoms with Crippen LogP contribution in [0.5, 0.6) is 5.75 Å². The van der Waals surface area contributed by atoms with Crippen molar-refractivity contribution in [3.63, 3.8) is 0 Å². The van der Waals surface area contributed by atoms with E-state index in [4.69, 9.17) is 4.74 Å². The number of fused-ring (bicyclic) bond motifs is 1. The Morgan fingerprint density at radius 1 is 0.882 bits per heavy atom. The number of hydrogen-bond donors (Lipinski definition) is 2. The van der Waals surface area contributed by atoms with Gasteiger partial charge in [0.1, 0.15) is 11.6 Å². The third kappa shape index (κ3) is 5.52. The number of nitrogens with one attached hydrogen (secondary N) is 2. The molecule has 6 nitrogen and oxygen atoms in total. The van der Waals surface area contributed by atoms with E-state index in [0.717, 1.165) is 10.8 Å². The highest BCUT2D eigenvalue weighted by molar-refractivity contribution is 7.92. The van der Waals surface area contributed by atoms with Gasteiger partial charge in [-0.05, 0) is 77.9 Å². The fourth-order valence-corrected chi connectivity index (χ4v) is 4.46. The van der Waals surface area contributed by atoms with Gasteiger partial charge in [-0.25, -0.2) is 12.8 Å². The highest BCUT2D eigenvalue weighted by Crippen LogP contribution is 2.23. The SMILES string of the molecule is CC[C@@H](Oc1ccc2ccccc2c1)C(=O)Nc1ccc(S(=O)(=O)Nc2ccc(F)cc2)cc1. The van der Waals surface area contributed by atoms with Crippen LogP contribution in [0.25, 0.3) is 10.8 Å². The molecular formula is C26H23FN2O4S. The number of carbonyl (C=O) groups is 1. The summed E-state index contributed by atoms with van der Waals surface area (Å²) < 4.78 is 46.5. The third-order valence-corrected chi connectivity index (χ3v) is 6.59. The molecule has 0 radical (unpaired) electrons. The van der Waals surface area contributed by atoms with E-state index in [0.29, 0.717) is 17.9 Å². The van der Waals surface area contributed by atoms with Crippen molar-refractivity contribution in [3.05, 3.63) is 96.8 Å². The van der Waals surface area contributed by atoms with E-state index in [1.54, 1.807) is 0 Å². The summed E-state index contributed by atoms with van der Waals surface area (Å²) in [6.45, 7) is 1.85. The lowest BCUT2D eigenvalue weighted by Gasteiger charge is -2.18. The van der Waals surface area contributed by atoms with Crippen LogP contribution in [0.1, 0.15) is 13.3 Å². The van der Waals surface area contributed by atoms with Crippen molar-refractivity contribution in [3.8, 4) is 5.75 Å². The van der Waals surface area contributed by atoms with Gasteiger partial charge in [-0.3, -0.25) is 9.52 Å². The minimum Gasteiger partial charge on any atom is -0.481 e. The molecule has 0 heterocycles. The summed E-state index contributed by atoms with van der Waals surface area (Å²) in [5.74, 6) is -0.206. The first-order valence-electron chi connectivity index (χ1n) is 10.7. The van der Waals surface area contributed by atoms with E-state index < -0.39 is 21.9 Å². The van der Waals surface area contributed by atoms with Crippen molar-refractivity contribution in [2.24, 2.45) is 0 Å². The Bertz CT molecular complexity index is 1410. The van der Waals surface area contributed by atoms with E-state index in [1.807, 2.05) is 49.4 Å². The predicted molar refractivity (Wildman–Crippen MR) is 131 cm³/mol. The number of hydrogen-bond acceptors (Lipinski definition) is 4. The van der Waals surface area contributed by atoms with Crippen LogP contribution in [0.3, 0.4) is 0 Å². The summed E-state index contributed by atoms with van der Waals surface area (Å²) in [7, 11) is -3.86. The maximum atomic E-state index is 13.0. The van der Waals surface area contributed by atoms with Crippen molar-refractivity contribution in [1.29, 1.82) is 0 Å². The molecule has 1 amide bonds. The minimum atomic E-state index is -3.86. The second-order valence-corrected chi connectivity index (χ2v) is 9.33. The van der Waals surface area contributed by atoms with E-state index in [1.165, 1.54) is 48.5 Å². The summed E-state index contributed by atoms with van der Waals surface area (Å²) in [6.07, 6.45) is -0.267. The smallest absolute Gasteiger partial charge is 0.265 e. The normalized spacial score (nSPS) is 12.2. The molecule has 4 aromatic rings. The number of amides is 1. The molecule has 0 aliphatic heterocycles. The Hall–Kier alpha value is -3.91. The second kappa shape index (κ2) is 9.93. The molecule has 0 aromatic heterocycles. The van der Waals surface area contributed by atoms with Crippen LogP contribution >= 0.6 is 0 Å². The van der Waals surface area contributed by atoms with Crippen LogP contribution in [-0.4, -0.2) is 20.4 Å². The Kier molecular flexibility index (Phi) is 6.79. The molecular weight excluding hydrogens is 455 g/mol. The number of carbonyl (C=O) groups excluding carboxylic acids is 1. The zero-order chi connectivity index (χ0) is 24.1. The molecule has 4 aromatic carbocycles.